The van der Waals surface area contributed by atoms with Crippen molar-refractivity contribution in [1.29, 1.82) is 0 Å². The van der Waals surface area contributed by atoms with E-state index in [1.807, 2.05) is 44.2 Å². The van der Waals surface area contributed by atoms with Crippen LogP contribution in [0.4, 0.5) is 0 Å². The minimum Gasteiger partial charge on any atom is -0.481 e. The molecular formula is C21H26N2O4. The van der Waals surface area contributed by atoms with Gasteiger partial charge in [0, 0.05) is 25.1 Å². The molecule has 2 aromatic rings. The van der Waals surface area contributed by atoms with E-state index in [-0.39, 0.29) is 12.3 Å². The number of rotatable bonds is 6. The number of aromatic nitrogens is 1. The van der Waals surface area contributed by atoms with Gasteiger partial charge in [-0.15, -0.1) is 0 Å². The van der Waals surface area contributed by atoms with Gasteiger partial charge in [-0.05, 0) is 24.8 Å². The molecule has 2 heterocycles. The van der Waals surface area contributed by atoms with Gasteiger partial charge in [0.25, 0.3) is 0 Å². The summed E-state index contributed by atoms with van der Waals surface area (Å²) in [4.78, 5) is 26.7. The van der Waals surface area contributed by atoms with Crippen LogP contribution in [0.25, 0.3) is 0 Å². The molecule has 1 saturated heterocycles. The van der Waals surface area contributed by atoms with Crippen LogP contribution in [0.5, 0.6) is 0 Å². The van der Waals surface area contributed by atoms with Crippen LogP contribution in [0.2, 0.25) is 0 Å². The van der Waals surface area contributed by atoms with Crippen LogP contribution in [0.15, 0.2) is 34.9 Å². The summed E-state index contributed by atoms with van der Waals surface area (Å²) in [6, 6.07) is 9.34. The third kappa shape index (κ3) is 3.61. The summed E-state index contributed by atoms with van der Waals surface area (Å²) in [7, 11) is 0. The molecule has 0 saturated carbocycles. The van der Waals surface area contributed by atoms with Gasteiger partial charge in [0.1, 0.15) is 5.76 Å². The number of piperidine rings is 1. The van der Waals surface area contributed by atoms with E-state index in [2.05, 4.69) is 5.16 Å². The zero-order valence-corrected chi connectivity index (χ0v) is 15.9. The van der Waals surface area contributed by atoms with Crippen LogP contribution in [-0.2, 0) is 34.3 Å². The third-order valence-electron chi connectivity index (χ3n) is 5.64. The highest BCUT2D eigenvalue weighted by Crippen LogP contribution is 2.36. The molecular weight excluding hydrogens is 344 g/mol. The van der Waals surface area contributed by atoms with Gasteiger partial charge in [-0.1, -0.05) is 49.3 Å². The van der Waals surface area contributed by atoms with Gasteiger partial charge in [-0.25, -0.2) is 0 Å². The Kier molecular flexibility index (Phi) is 5.63. The highest BCUT2D eigenvalue weighted by Gasteiger charge is 2.43. The van der Waals surface area contributed by atoms with Crippen LogP contribution in [0.3, 0.4) is 0 Å². The number of benzene rings is 1. The lowest BCUT2D eigenvalue weighted by atomic mass is 9.73. The SMILES string of the molecule is CCc1noc(CC)c1CC(=O)N1CCC(C(=O)O)(c2ccccc2)CC1. The summed E-state index contributed by atoms with van der Waals surface area (Å²) < 4.78 is 5.35. The molecule has 0 aliphatic carbocycles. The Hall–Kier alpha value is -2.63. The van der Waals surface area contributed by atoms with Crippen molar-refractivity contribution in [2.45, 2.75) is 51.4 Å². The Morgan fingerprint density at radius 3 is 2.37 bits per heavy atom. The predicted molar refractivity (Wildman–Crippen MR) is 101 cm³/mol. The lowest BCUT2D eigenvalue weighted by molar-refractivity contribution is -0.148. The maximum Gasteiger partial charge on any atom is 0.314 e. The number of hydrogen-bond donors (Lipinski definition) is 1. The molecule has 1 aromatic heterocycles. The summed E-state index contributed by atoms with van der Waals surface area (Å²) in [6.45, 7) is 4.85. The Morgan fingerprint density at radius 2 is 1.81 bits per heavy atom. The zero-order valence-electron chi connectivity index (χ0n) is 15.9. The van der Waals surface area contributed by atoms with E-state index in [4.69, 9.17) is 4.52 Å². The minimum absolute atomic E-state index is 0.00894. The molecule has 1 fully saturated rings. The van der Waals surface area contributed by atoms with Gasteiger partial charge in [-0.3, -0.25) is 9.59 Å². The number of hydrogen-bond acceptors (Lipinski definition) is 4. The van der Waals surface area contributed by atoms with E-state index < -0.39 is 11.4 Å². The normalized spacial score (nSPS) is 16.3. The van der Waals surface area contributed by atoms with Crippen LogP contribution in [0, 0.1) is 0 Å². The van der Waals surface area contributed by atoms with E-state index in [1.54, 1.807) is 4.90 Å². The first kappa shape index (κ1) is 19.1. The topological polar surface area (TPSA) is 83.6 Å². The predicted octanol–water partition coefficient (Wildman–Crippen LogP) is 2.99. The fourth-order valence-corrected chi connectivity index (χ4v) is 3.92. The number of carbonyl (C=O) groups is 2. The monoisotopic (exact) mass is 370 g/mol. The molecule has 27 heavy (non-hydrogen) atoms. The first-order valence-electron chi connectivity index (χ1n) is 9.54. The lowest BCUT2D eigenvalue weighted by Crippen LogP contribution is -2.49. The number of aliphatic carboxylic acids is 1. The maximum absolute atomic E-state index is 12.8. The van der Waals surface area contributed by atoms with Gasteiger partial charge < -0.3 is 14.5 Å². The third-order valence-corrected chi connectivity index (χ3v) is 5.64. The van der Waals surface area contributed by atoms with Crippen molar-refractivity contribution in [3.05, 3.63) is 52.9 Å². The smallest absolute Gasteiger partial charge is 0.314 e. The molecule has 1 aromatic carbocycles. The number of aryl methyl sites for hydroxylation is 2. The molecule has 1 N–H and O–H groups in total. The van der Waals surface area contributed by atoms with Crippen molar-refractivity contribution in [3.63, 3.8) is 0 Å². The van der Waals surface area contributed by atoms with E-state index in [1.165, 1.54) is 0 Å². The number of carboxylic acid groups (broad SMARTS) is 1. The second kappa shape index (κ2) is 7.94. The first-order chi connectivity index (χ1) is 13.0. The van der Waals surface area contributed by atoms with E-state index in [0.717, 1.165) is 29.0 Å². The number of carbonyl (C=O) groups excluding carboxylic acids is 1. The minimum atomic E-state index is -0.918. The average Bonchev–Trinajstić information content (AvgIpc) is 3.10. The first-order valence-corrected chi connectivity index (χ1v) is 9.54. The van der Waals surface area contributed by atoms with Crippen LogP contribution >= 0.6 is 0 Å². The van der Waals surface area contributed by atoms with Gasteiger partial charge in [0.2, 0.25) is 5.91 Å². The zero-order chi connectivity index (χ0) is 19.4. The summed E-state index contributed by atoms with van der Waals surface area (Å²) in [5.74, 6) is -0.0441. The molecule has 1 aliphatic heterocycles. The van der Waals surface area contributed by atoms with Crippen molar-refractivity contribution in [2.75, 3.05) is 13.1 Å². The molecule has 1 amide bonds. The molecule has 6 nitrogen and oxygen atoms in total. The van der Waals surface area contributed by atoms with Gasteiger partial charge >= 0.3 is 5.97 Å². The van der Waals surface area contributed by atoms with Gasteiger partial charge in [0.05, 0.1) is 17.5 Å². The molecule has 0 atom stereocenters. The van der Waals surface area contributed by atoms with Crippen molar-refractivity contribution < 1.29 is 19.2 Å². The standard InChI is InChI=1S/C21H26N2O4/c1-3-17-16(18(4-2)27-22-17)14-19(24)23-12-10-21(11-13-23,20(25)26)15-8-6-5-7-9-15/h5-9H,3-4,10-14H2,1-2H3,(H,25,26). The fraction of sp³-hybridized carbons (Fsp3) is 0.476. The lowest BCUT2D eigenvalue weighted by Gasteiger charge is -2.39. The van der Waals surface area contributed by atoms with E-state index >= 15 is 0 Å². The molecule has 0 radical (unpaired) electrons. The Morgan fingerprint density at radius 1 is 1.15 bits per heavy atom. The summed E-state index contributed by atoms with van der Waals surface area (Å²) in [5, 5.41) is 14.0. The van der Waals surface area contributed by atoms with E-state index in [9.17, 15) is 14.7 Å². The molecule has 3 rings (SSSR count). The number of nitrogens with zero attached hydrogens (tertiary/aromatic N) is 2. The highest BCUT2D eigenvalue weighted by molar-refractivity contribution is 5.83. The second-order valence-electron chi connectivity index (χ2n) is 7.05. The largest absolute Gasteiger partial charge is 0.481 e. The fourth-order valence-electron chi connectivity index (χ4n) is 3.92. The quantitative estimate of drug-likeness (QED) is 0.845. The summed E-state index contributed by atoms with van der Waals surface area (Å²) in [5.41, 5.74) is 1.62. The van der Waals surface area contributed by atoms with E-state index in [0.29, 0.717) is 32.4 Å². The Labute approximate surface area is 159 Å². The Bertz CT molecular complexity index is 783. The van der Waals surface area contributed by atoms with Crippen molar-refractivity contribution >= 4 is 11.9 Å². The molecule has 0 spiro atoms. The molecule has 0 bridgehead atoms. The van der Waals surface area contributed by atoms with Crippen LogP contribution in [-0.4, -0.2) is 40.1 Å². The summed E-state index contributed by atoms with van der Waals surface area (Å²) in [6.07, 6.45) is 2.53. The number of likely N-dealkylation sites (tertiary alicyclic amines) is 1. The summed E-state index contributed by atoms with van der Waals surface area (Å²) >= 11 is 0. The van der Waals surface area contributed by atoms with Crippen LogP contribution in [0.1, 0.15) is 49.3 Å². The molecule has 6 heteroatoms. The molecule has 1 aliphatic rings. The van der Waals surface area contributed by atoms with Crippen molar-refractivity contribution in [2.24, 2.45) is 0 Å². The average molecular weight is 370 g/mol. The highest BCUT2D eigenvalue weighted by atomic mass is 16.5. The molecule has 144 valence electrons. The number of amides is 1. The van der Waals surface area contributed by atoms with Crippen LogP contribution < -0.4 is 0 Å². The number of carboxylic acids is 1. The molecule has 0 unspecified atom stereocenters. The van der Waals surface area contributed by atoms with Crippen molar-refractivity contribution in [1.82, 2.24) is 10.1 Å². The van der Waals surface area contributed by atoms with Crippen molar-refractivity contribution in [3.8, 4) is 0 Å². The second-order valence-corrected chi connectivity index (χ2v) is 7.05. The van der Waals surface area contributed by atoms with Gasteiger partial charge in [-0.2, -0.15) is 0 Å². The Balaban J connectivity index is 1.72. The van der Waals surface area contributed by atoms with Gasteiger partial charge in [0.15, 0.2) is 0 Å². The maximum atomic E-state index is 12.8.